The Morgan fingerprint density at radius 2 is 1.19 bits per heavy atom. The van der Waals surface area contributed by atoms with Crippen LogP contribution in [0.15, 0.2) is 144 Å². The Morgan fingerprint density at radius 1 is 0.712 bits per heavy atom. The number of hydrogen-bond donors (Lipinski definition) is 1. The summed E-state index contributed by atoms with van der Waals surface area (Å²) >= 11 is 5.20. The molecule has 0 saturated carbocycles. The SMILES string of the molecule is CC(=O)c1ccc(-c2ccc(=O)n(C)c2)s1.Cn1cc(-c2ccc(C(C)(O)c3ccncc3)s2)ccc1=O.Ic1ccncc1.[Li+].[c-]1ccncc1. The minimum absolute atomic E-state index is 0. The smallest absolute Gasteiger partial charge is 0.391 e. The fourth-order valence-corrected chi connectivity index (χ4v) is 6.62. The number of thiophene rings is 2. The van der Waals surface area contributed by atoms with E-state index >= 15 is 0 Å². The Bertz CT molecular complexity index is 2230. The summed E-state index contributed by atoms with van der Waals surface area (Å²) in [4.78, 5) is 49.0. The van der Waals surface area contributed by atoms with Crippen LogP contribution in [0.5, 0.6) is 0 Å². The van der Waals surface area contributed by atoms with Gasteiger partial charge in [-0.2, -0.15) is 18.2 Å². The van der Waals surface area contributed by atoms with Crippen LogP contribution in [0.25, 0.3) is 20.9 Å². The molecule has 7 aromatic rings. The molecule has 0 aliphatic rings. The molecule has 0 aromatic carbocycles. The fraction of sp³-hybridized carbons (Fsp3) is 0.128. The van der Waals surface area contributed by atoms with Gasteiger partial charge in [0.25, 0.3) is 0 Å². The van der Waals surface area contributed by atoms with Gasteiger partial charge in [0.05, 0.1) is 4.88 Å². The minimum atomic E-state index is -1.06. The minimum Gasteiger partial charge on any atom is -0.391 e. The molecule has 52 heavy (non-hydrogen) atoms. The van der Waals surface area contributed by atoms with Crippen molar-refractivity contribution in [1.82, 2.24) is 24.1 Å². The molecule has 0 spiro atoms. The van der Waals surface area contributed by atoms with E-state index in [2.05, 4.69) is 43.6 Å². The van der Waals surface area contributed by atoms with E-state index in [1.54, 1.807) is 112 Å². The molecule has 7 rings (SSSR count). The molecule has 0 amide bonds. The van der Waals surface area contributed by atoms with Crippen molar-refractivity contribution in [2.24, 2.45) is 14.1 Å². The van der Waals surface area contributed by atoms with E-state index in [4.69, 9.17) is 0 Å². The summed E-state index contributed by atoms with van der Waals surface area (Å²) in [6.07, 6.45) is 13.9. The molecule has 7 aromatic heterocycles. The molecule has 1 unspecified atom stereocenters. The number of halogens is 1. The van der Waals surface area contributed by atoms with Crippen LogP contribution in [0.4, 0.5) is 0 Å². The summed E-state index contributed by atoms with van der Waals surface area (Å²) in [5, 5.41) is 10.8. The van der Waals surface area contributed by atoms with Gasteiger partial charge in [0.15, 0.2) is 5.78 Å². The number of nitrogens with zero attached hydrogens (tertiary/aromatic N) is 5. The van der Waals surface area contributed by atoms with Gasteiger partial charge in [-0.05, 0) is 103 Å². The molecule has 0 bridgehead atoms. The monoisotopic (exact) mass is 835 g/mol. The Morgan fingerprint density at radius 3 is 1.60 bits per heavy atom. The second kappa shape index (κ2) is 20.7. The number of carbonyl (C=O) groups is 1. The van der Waals surface area contributed by atoms with Crippen molar-refractivity contribution < 1.29 is 28.8 Å². The Balaban J connectivity index is 0.000000210. The van der Waals surface area contributed by atoms with Crippen LogP contribution in [0.3, 0.4) is 0 Å². The first-order valence-electron chi connectivity index (χ1n) is 15.5. The van der Waals surface area contributed by atoms with Crippen LogP contribution in [0, 0.1) is 9.64 Å². The number of rotatable bonds is 5. The van der Waals surface area contributed by atoms with Crippen molar-refractivity contribution >= 4 is 51.0 Å². The molecule has 0 radical (unpaired) electrons. The predicted octanol–water partition coefficient (Wildman–Crippen LogP) is 4.65. The van der Waals surface area contributed by atoms with E-state index in [1.807, 2.05) is 48.5 Å². The number of Topliss-reactive ketones (excluding diaryl/α,β-unsaturated/α-hetero) is 1. The number of hydrogen-bond acceptors (Lipinski definition) is 9. The Labute approximate surface area is 336 Å². The molecule has 0 aliphatic heterocycles. The average Bonchev–Trinajstić information content (AvgIpc) is 3.85. The van der Waals surface area contributed by atoms with Gasteiger partial charge in [-0.3, -0.25) is 24.4 Å². The van der Waals surface area contributed by atoms with Crippen LogP contribution < -0.4 is 30.0 Å². The van der Waals surface area contributed by atoms with Crippen LogP contribution in [0.1, 0.15) is 34.0 Å². The van der Waals surface area contributed by atoms with E-state index in [-0.39, 0.29) is 35.8 Å². The van der Waals surface area contributed by atoms with Crippen molar-refractivity contribution in [1.29, 1.82) is 0 Å². The van der Waals surface area contributed by atoms with Crippen molar-refractivity contribution in [3.8, 4) is 20.9 Å². The summed E-state index contributed by atoms with van der Waals surface area (Å²) in [5.74, 6) is 0.0704. The zero-order valence-electron chi connectivity index (χ0n) is 29.3. The number of aliphatic hydroxyl groups is 1. The van der Waals surface area contributed by atoms with E-state index in [1.165, 1.54) is 36.9 Å². The Kier molecular flexibility index (Phi) is 16.7. The maximum Gasteiger partial charge on any atom is 1.00 e. The van der Waals surface area contributed by atoms with E-state index < -0.39 is 5.60 Å². The van der Waals surface area contributed by atoms with Gasteiger partial charge in [-0.25, -0.2) is 0 Å². The van der Waals surface area contributed by atoms with Gasteiger partial charge >= 0.3 is 18.9 Å². The van der Waals surface area contributed by atoms with E-state index in [0.29, 0.717) is 0 Å². The van der Waals surface area contributed by atoms with Gasteiger partial charge in [0.1, 0.15) is 5.60 Å². The second-order valence-corrected chi connectivity index (χ2v) is 14.5. The number of carbonyl (C=O) groups excluding carboxylic acids is 1. The van der Waals surface area contributed by atoms with E-state index in [0.717, 1.165) is 36.2 Å². The van der Waals surface area contributed by atoms with Crippen LogP contribution >= 0.6 is 45.3 Å². The van der Waals surface area contributed by atoms with Crippen molar-refractivity contribution in [3.63, 3.8) is 0 Å². The molecule has 0 fully saturated rings. The molecule has 1 N–H and O–H groups in total. The second-order valence-electron chi connectivity index (χ2n) is 11.0. The molecule has 1 atom stereocenters. The first kappa shape index (κ1) is 42.1. The van der Waals surface area contributed by atoms with Crippen LogP contribution in [-0.2, 0) is 19.7 Å². The molecule has 0 aliphatic carbocycles. The summed E-state index contributed by atoms with van der Waals surface area (Å²) < 4.78 is 4.31. The third-order valence-corrected chi connectivity index (χ3v) is 10.5. The van der Waals surface area contributed by atoms with Gasteiger partial charge in [0, 0.05) is 92.7 Å². The quantitative estimate of drug-likeness (QED) is 0.116. The molecule has 7 heterocycles. The Hall–Kier alpha value is -4.29. The predicted molar refractivity (Wildman–Crippen MR) is 213 cm³/mol. The van der Waals surface area contributed by atoms with Crippen molar-refractivity contribution in [2.75, 3.05) is 0 Å². The summed E-state index contributed by atoms with van der Waals surface area (Å²) in [7, 11) is 3.44. The standard InChI is InChI=1S/C17H16N2O2S.C12H11NO2S.C5H4IN.C5H4N.Li/c1-17(21,13-7-9-18-10-8-13)15-5-4-14(22-15)12-3-6-16(20)19(2)11-12;1-8(14)10-4-5-11(16-10)9-3-6-12(15)13(2)7-9;6-5-1-3-7-4-2-5;1-2-4-6-5-3-1;/h3-11,21H,1-2H3;3-7H,1-2H3;1-4H;2-5H;/q;;;-1;+1. The third kappa shape index (κ3) is 12.4. The zero-order valence-corrected chi connectivity index (χ0v) is 33.1. The average molecular weight is 836 g/mol. The molecule has 13 heteroatoms. The maximum absolute atomic E-state index is 11.5. The van der Waals surface area contributed by atoms with Crippen molar-refractivity contribution in [2.45, 2.75) is 19.4 Å². The number of ketones is 1. The first-order valence-corrected chi connectivity index (χ1v) is 18.2. The summed E-state index contributed by atoms with van der Waals surface area (Å²) in [6, 6.07) is 28.2. The van der Waals surface area contributed by atoms with Crippen molar-refractivity contribution in [3.05, 3.63) is 180 Å². The topological polar surface area (TPSA) is 120 Å². The van der Waals surface area contributed by atoms with E-state index in [9.17, 15) is 19.5 Å². The molecule has 0 saturated heterocycles. The normalized spacial score (nSPS) is 11.1. The van der Waals surface area contributed by atoms with Crippen LogP contribution in [0.2, 0.25) is 0 Å². The maximum atomic E-state index is 11.5. The molecule has 9 nitrogen and oxygen atoms in total. The summed E-state index contributed by atoms with van der Waals surface area (Å²) in [6.45, 7) is 3.33. The molecular formula is C39H35ILiN5O4S2. The largest absolute Gasteiger partial charge is 1.00 e. The number of aryl methyl sites for hydroxylation is 2. The fourth-order valence-electron chi connectivity index (χ4n) is 4.35. The van der Waals surface area contributed by atoms with Gasteiger partial charge in [0.2, 0.25) is 11.1 Å². The van der Waals surface area contributed by atoms with Gasteiger partial charge in [-0.15, -0.1) is 22.7 Å². The molecular weight excluding hydrogens is 800 g/mol. The van der Waals surface area contributed by atoms with Gasteiger partial charge < -0.3 is 19.2 Å². The third-order valence-electron chi connectivity index (χ3n) is 7.18. The van der Waals surface area contributed by atoms with Crippen LogP contribution in [-0.4, -0.2) is 35.0 Å². The van der Waals surface area contributed by atoms with Gasteiger partial charge in [-0.1, -0.05) is 12.4 Å². The summed E-state index contributed by atoms with van der Waals surface area (Å²) in [5.41, 5.74) is 1.59. The first-order chi connectivity index (χ1) is 24.5. The zero-order chi connectivity index (χ0) is 36.8. The number of pyridine rings is 5. The number of aromatic nitrogens is 5. The molecule has 260 valence electrons.